The van der Waals surface area contributed by atoms with Crippen molar-refractivity contribution in [1.82, 2.24) is 0 Å². The summed E-state index contributed by atoms with van der Waals surface area (Å²) in [7, 11) is 0. The smallest absolute Gasteiger partial charge is 0.331 e. The zero-order valence-corrected chi connectivity index (χ0v) is 32.1. The molecule has 0 amide bonds. The third kappa shape index (κ3) is 14.4. The van der Waals surface area contributed by atoms with Gasteiger partial charge in [0.1, 0.15) is 12.7 Å². The summed E-state index contributed by atoms with van der Waals surface area (Å²) in [5.41, 5.74) is 10.0. The molecule has 0 saturated heterocycles. The fourth-order valence-electron chi connectivity index (χ4n) is 6.27. The molecule has 1 atom stereocenters. The van der Waals surface area contributed by atoms with Crippen LogP contribution in [-0.2, 0) is 19.1 Å². The van der Waals surface area contributed by atoms with E-state index in [-0.39, 0.29) is 23.2 Å². The summed E-state index contributed by atoms with van der Waals surface area (Å²) in [6.45, 7) is 21.5. The summed E-state index contributed by atoms with van der Waals surface area (Å²) < 4.78 is 10.8. The Morgan fingerprint density at radius 3 is 1.56 bits per heavy atom. The van der Waals surface area contributed by atoms with E-state index >= 15 is 0 Å². The van der Waals surface area contributed by atoms with Crippen LogP contribution in [0.4, 0.5) is 0 Å². The average Bonchev–Trinajstić information content (AvgIpc) is 2.98. The highest BCUT2D eigenvalue weighted by molar-refractivity contribution is 7.80. The van der Waals surface area contributed by atoms with Crippen molar-refractivity contribution < 1.29 is 19.1 Å². The van der Waals surface area contributed by atoms with Gasteiger partial charge < -0.3 is 9.47 Å². The van der Waals surface area contributed by atoms with Gasteiger partial charge in [-0.1, -0.05) is 111 Å². The van der Waals surface area contributed by atoms with Gasteiger partial charge in [-0.15, -0.1) is 0 Å². The van der Waals surface area contributed by atoms with Gasteiger partial charge in [-0.25, -0.2) is 9.59 Å². The van der Waals surface area contributed by atoms with Crippen LogP contribution < -0.4 is 0 Å². The quantitative estimate of drug-likeness (QED) is 0.0863. The fourth-order valence-corrected chi connectivity index (χ4v) is 6.45. The van der Waals surface area contributed by atoms with E-state index in [1.54, 1.807) is 0 Å². The second-order valence-electron chi connectivity index (χ2n) is 14.7. The fraction of sp³-hybridized carbons (Fsp3) is 0.488. The van der Waals surface area contributed by atoms with Crippen molar-refractivity contribution in [1.29, 1.82) is 0 Å². The Labute approximate surface area is 297 Å². The van der Waals surface area contributed by atoms with E-state index in [1.165, 1.54) is 73.0 Å². The number of rotatable bonds is 14. The molecule has 0 fully saturated rings. The van der Waals surface area contributed by atoms with Gasteiger partial charge in [0.25, 0.3) is 0 Å². The highest BCUT2D eigenvalue weighted by Crippen LogP contribution is 2.41. The Morgan fingerprint density at radius 1 is 0.708 bits per heavy atom. The van der Waals surface area contributed by atoms with E-state index in [9.17, 15) is 9.59 Å². The lowest BCUT2D eigenvalue weighted by Gasteiger charge is -2.33. The average molecular weight is 673 g/mol. The van der Waals surface area contributed by atoms with Crippen LogP contribution in [0, 0.1) is 10.8 Å². The molecule has 2 aliphatic carbocycles. The lowest BCUT2D eigenvalue weighted by molar-refractivity contribution is -0.151. The predicted molar refractivity (Wildman–Crippen MR) is 207 cm³/mol. The van der Waals surface area contributed by atoms with Gasteiger partial charge in [0.15, 0.2) is 0 Å². The SMILES string of the molecule is CC1=C(/C=C/C(C)=C/C=C/C(C)=C/C(=O)OC[C@H](CS)OC(=O)/C=C(C)/C=C/C=C(C)/C=C/C2=C(C)CCCC2(C)C)C(C)(C)CCC1. The van der Waals surface area contributed by atoms with E-state index < -0.39 is 18.0 Å². The molecule has 0 aromatic heterocycles. The van der Waals surface area contributed by atoms with Crippen molar-refractivity contribution >= 4 is 24.6 Å². The van der Waals surface area contributed by atoms with Gasteiger partial charge in [-0.05, 0) is 113 Å². The Bertz CT molecular complexity index is 1460. The van der Waals surface area contributed by atoms with Crippen LogP contribution >= 0.6 is 12.6 Å². The Balaban J connectivity index is 1.85. The lowest BCUT2D eigenvalue weighted by atomic mass is 9.72. The molecule has 2 rings (SSSR count). The van der Waals surface area contributed by atoms with Crippen molar-refractivity contribution in [2.75, 3.05) is 12.4 Å². The number of hydrogen-bond acceptors (Lipinski definition) is 5. The molecule has 0 aromatic rings. The van der Waals surface area contributed by atoms with Gasteiger partial charge >= 0.3 is 11.9 Å². The third-order valence-corrected chi connectivity index (χ3v) is 9.54. The minimum absolute atomic E-state index is 0.0688. The van der Waals surface area contributed by atoms with Crippen LogP contribution in [0.5, 0.6) is 0 Å². The number of esters is 2. The van der Waals surface area contributed by atoms with Gasteiger partial charge in [0, 0.05) is 17.9 Å². The molecule has 0 N–H and O–H groups in total. The summed E-state index contributed by atoms with van der Waals surface area (Å²) in [6.07, 6.45) is 30.0. The number of hydrogen-bond donors (Lipinski definition) is 1. The molecule has 0 saturated carbocycles. The highest BCUT2D eigenvalue weighted by atomic mass is 32.1. The lowest BCUT2D eigenvalue weighted by Crippen LogP contribution is -2.26. The molecule has 0 aromatic carbocycles. The van der Waals surface area contributed by atoms with E-state index in [2.05, 4.69) is 92.3 Å². The Kier molecular flexibility index (Phi) is 16.7. The normalized spacial score (nSPS) is 20.5. The zero-order valence-electron chi connectivity index (χ0n) is 31.2. The molecule has 0 unspecified atom stereocenters. The van der Waals surface area contributed by atoms with E-state index in [0.29, 0.717) is 0 Å². The standard InChI is InChI=1S/C43H60O4S/c1-31(21-23-38-35(5)19-13-25-42(38,7)8)15-11-17-33(3)27-40(44)46-29-37(30-48)47-41(45)28-34(4)18-12-16-32(2)22-24-39-36(6)20-14-26-43(39,9)10/h11-12,15-18,21-24,27-28,37,48H,13-14,19-20,25-26,29-30H2,1-10H3/b17-11+,18-12+,23-21+,24-22+,31-15+,32-16+,33-27+,34-28+/t37-/m1/s1. The van der Waals surface area contributed by atoms with Crippen LogP contribution in [0.2, 0.25) is 0 Å². The molecule has 0 radical (unpaired) electrons. The van der Waals surface area contributed by atoms with Crippen molar-refractivity contribution in [3.63, 3.8) is 0 Å². The molecule has 4 nitrogen and oxygen atoms in total. The second-order valence-corrected chi connectivity index (χ2v) is 15.1. The molecule has 2 aliphatic rings. The van der Waals surface area contributed by atoms with Crippen LogP contribution in [0.25, 0.3) is 0 Å². The molecule has 0 heterocycles. The molecule has 0 bridgehead atoms. The maximum atomic E-state index is 12.5. The number of carbonyl (C=O) groups excluding carboxylic acids is 2. The summed E-state index contributed by atoms with van der Waals surface area (Å²) in [4.78, 5) is 24.9. The molecular formula is C43H60O4S. The minimum atomic E-state index is -0.651. The van der Waals surface area contributed by atoms with Gasteiger partial charge in [-0.2, -0.15) is 12.6 Å². The first kappa shape index (κ1) is 40.9. The molecule has 5 heteroatoms. The number of thiol groups is 1. The molecule has 0 aliphatic heterocycles. The monoisotopic (exact) mass is 672 g/mol. The molecule has 48 heavy (non-hydrogen) atoms. The first-order chi connectivity index (χ1) is 22.5. The molecule has 0 spiro atoms. The summed E-state index contributed by atoms with van der Waals surface area (Å²) in [6, 6.07) is 0. The van der Waals surface area contributed by atoms with Crippen LogP contribution in [0.1, 0.15) is 108 Å². The van der Waals surface area contributed by atoms with Crippen molar-refractivity contribution in [3.8, 4) is 0 Å². The second kappa shape index (κ2) is 19.6. The summed E-state index contributed by atoms with van der Waals surface area (Å²) in [5, 5.41) is 0. The summed E-state index contributed by atoms with van der Waals surface area (Å²) >= 11 is 4.27. The Morgan fingerprint density at radius 2 is 1.15 bits per heavy atom. The third-order valence-electron chi connectivity index (χ3n) is 9.14. The largest absolute Gasteiger partial charge is 0.459 e. The topological polar surface area (TPSA) is 52.6 Å². The van der Waals surface area contributed by atoms with Gasteiger partial charge in [0.2, 0.25) is 0 Å². The van der Waals surface area contributed by atoms with E-state index in [1.807, 2.05) is 50.3 Å². The zero-order chi connectivity index (χ0) is 35.9. The van der Waals surface area contributed by atoms with E-state index in [4.69, 9.17) is 9.47 Å². The molecule has 262 valence electrons. The molecular weight excluding hydrogens is 613 g/mol. The minimum Gasteiger partial charge on any atom is -0.459 e. The van der Waals surface area contributed by atoms with Gasteiger partial charge in [-0.3, -0.25) is 0 Å². The van der Waals surface area contributed by atoms with Crippen LogP contribution in [0.3, 0.4) is 0 Å². The van der Waals surface area contributed by atoms with Crippen molar-refractivity contribution in [2.24, 2.45) is 10.8 Å². The van der Waals surface area contributed by atoms with Crippen LogP contribution in [0.15, 0.2) is 117 Å². The first-order valence-electron chi connectivity index (χ1n) is 17.4. The van der Waals surface area contributed by atoms with Crippen LogP contribution in [-0.4, -0.2) is 30.4 Å². The maximum absolute atomic E-state index is 12.5. The number of carbonyl (C=O) groups is 2. The Hall–Kier alpha value is -3.31. The summed E-state index contributed by atoms with van der Waals surface area (Å²) in [5.74, 6) is -0.762. The van der Waals surface area contributed by atoms with E-state index in [0.717, 1.165) is 22.3 Å². The maximum Gasteiger partial charge on any atom is 0.331 e. The first-order valence-corrected chi connectivity index (χ1v) is 18.0. The number of ether oxygens (including phenoxy) is 2. The van der Waals surface area contributed by atoms with Crippen molar-refractivity contribution in [2.45, 2.75) is 114 Å². The predicted octanol–water partition coefficient (Wildman–Crippen LogP) is 11.4. The van der Waals surface area contributed by atoms with Crippen molar-refractivity contribution in [3.05, 3.63) is 117 Å². The van der Waals surface area contributed by atoms with Gasteiger partial charge in [0.05, 0.1) is 0 Å². The highest BCUT2D eigenvalue weighted by Gasteiger charge is 2.27. The number of allylic oxidation sites excluding steroid dienone is 18.